The van der Waals surface area contributed by atoms with Crippen molar-refractivity contribution in [1.29, 1.82) is 0 Å². The van der Waals surface area contributed by atoms with E-state index in [2.05, 4.69) is 38.5 Å². The number of rotatable bonds is 8. The van der Waals surface area contributed by atoms with Gasteiger partial charge in [0.25, 0.3) is 0 Å². The minimum Gasteiger partial charge on any atom is -0.354 e. The van der Waals surface area contributed by atoms with E-state index in [4.69, 9.17) is 0 Å². The Hall–Kier alpha value is -0.760. The van der Waals surface area contributed by atoms with Crippen molar-refractivity contribution in [3.8, 4) is 9.88 Å². The molecule has 0 aliphatic rings. The van der Waals surface area contributed by atoms with Gasteiger partial charge in [-0.2, -0.15) is 0 Å². The summed E-state index contributed by atoms with van der Waals surface area (Å²) < 4.78 is 1.07. The minimum absolute atomic E-state index is 0.0255. The van der Waals surface area contributed by atoms with Crippen molar-refractivity contribution in [2.24, 2.45) is 0 Å². The standard InChI is InChI=1S/C14H18BrN3OS2/c1-2-3-16-4-5-17-13(19)7-11-9-21-14(18-11)12-6-10(15)8-20-12/h6,8-9,16H,2-5,7H2,1H3,(H,17,19). The molecule has 2 aromatic heterocycles. The van der Waals surface area contributed by atoms with Crippen LogP contribution in [0.2, 0.25) is 0 Å². The number of hydrogen-bond donors (Lipinski definition) is 2. The van der Waals surface area contributed by atoms with Crippen molar-refractivity contribution in [3.63, 3.8) is 0 Å². The molecule has 0 aliphatic carbocycles. The van der Waals surface area contributed by atoms with Crippen molar-refractivity contribution in [2.45, 2.75) is 19.8 Å². The van der Waals surface area contributed by atoms with Gasteiger partial charge in [0, 0.05) is 28.3 Å². The second kappa shape index (κ2) is 8.63. The molecule has 4 nitrogen and oxygen atoms in total. The molecule has 1 amide bonds. The van der Waals surface area contributed by atoms with Crippen LogP contribution in [0.5, 0.6) is 0 Å². The van der Waals surface area contributed by atoms with Gasteiger partial charge in [0.1, 0.15) is 5.01 Å². The average Bonchev–Trinajstić information content (AvgIpc) is 3.07. The van der Waals surface area contributed by atoms with E-state index in [-0.39, 0.29) is 5.91 Å². The number of hydrogen-bond acceptors (Lipinski definition) is 5. The number of thiazole rings is 1. The summed E-state index contributed by atoms with van der Waals surface area (Å²) in [7, 11) is 0. The lowest BCUT2D eigenvalue weighted by Crippen LogP contribution is -2.33. The number of amides is 1. The van der Waals surface area contributed by atoms with Crippen molar-refractivity contribution < 1.29 is 4.79 Å². The summed E-state index contributed by atoms with van der Waals surface area (Å²) in [5.74, 6) is 0.0255. The first-order valence-electron chi connectivity index (χ1n) is 6.85. The summed E-state index contributed by atoms with van der Waals surface area (Å²) in [6, 6.07) is 2.05. The lowest BCUT2D eigenvalue weighted by Gasteiger charge is -2.04. The number of thiophene rings is 1. The summed E-state index contributed by atoms with van der Waals surface area (Å²) >= 11 is 6.67. The first-order valence-corrected chi connectivity index (χ1v) is 9.40. The molecule has 0 atom stereocenters. The van der Waals surface area contributed by atoms with Gasteiger partial charge in [0.2, 0.25) is 5.91 Å². The van der Waals surface area contributed by atoms with E-state index in [9.17, 15) is 4.79 Å². The summed E-state index contributed by atoms with van der Waals surface area (Å²) in [5, 5.41) is 11.1. The lowest BCUT2D eigenvalue weighted by atomic mass is 10.3. The molecule has 0 aromatic carbocycles. The summed E-state index contributed by atoms with van der Waals surface area (Å²) in [6.45, 7) is 4.58. The highest BCUT2D eigenvalue weighted by atomic mass is 79.9. The molecule has 114 valence electrons. The number of carbonyl (C=O) groups excluding carboxylic acids is 1. The van der Waals surface area contributed by atoms with Gasteiger partial charge in [-0.05, 0) is 35.0 Å². The second-order valence-corrected chi connectivity index (χ2v) is 7.23. The molecule has 2 N–H and O–H groups in total. The predicted molar refractivity (Wildman–Crippen MR) is 93.0 cm³/mol. The molecule has 7 heteroatoms. The zero-order valence-electron chi connectivity index (χ0n) is 11.8. The first-order chi connectivity index (χ1) is 10.2. The van der Waals surface area contributed by atoms with Crippen LogP contribution in [0.3, 0.4) is 0 Å². The smallest absolute Gasteiger partial charge is 0.226 e. The van der Waals surface area contributed by atoms with Crippen LogP contribution in [-0.4, -0.2) is 30.5 Å². The minimum atomic E-state index is 0.0255. The zero-order chi connectivity index (χ0) is 15.1. The fraction of sp³-hybridized carbons (Fsp3) is 0.429. The molecular weight excluding hydrogens is 370 g/mol. The Morgan fingerprint density at radius 3 is 2.86 bits per heavy atom. The van der Waals surface area contributed by atoms with E-state index >= 15 is 0 Å². The van der Waals surface area contributed by atoms with E-state index in [0.29, 0.717) is 13.0 Å². The maximum Gasteiger partial charge on any atom is 0.226 e. The number of carbonyl (C=O) groups is 1. The molecule has 0 saturated heterocycles. The fourth-order valence-corrected chi connectivity index (χ4v) is 4.07. The molecule has 0 aliphatic heterocycles. The van der Waals surface area contributed by atoms with Crippen LogP contribution in [0.15, 0.2) is 21.3 Å². The van der Waals surface area contributed by atoms with Crippen molar-refractivity contribution in [1.82, 2.24) is 15.6 Å². The molecule has 0 unspecified atom stereocenters. The third-order valence-corrected chi connectivity index (χ3v) is 5.47. The Balaban J connectivity index is 1.78. The second-order valence-electron chi connectivity index (χ2n) is 4.55. The Morgan fingerprint density at radius 2 is 2.14 bits per heavy atom. The van der Waals surface area contributed by atoms with Gasteiger partial charge in [-0.25, -0.2) is 4.98 Å². The Bertz CT molecular complexity index is 582. The summed E-state index contributed by atoms with van der Waals surface area (Å²) in [5.41, 5.74) is 0.832. The monoisotopic (exact) mass is 387 g/mol. The van der Waals surface area contributed by atoms with Crippen molar-refractivity contribution in [3.05, 3.63) is 27.0 Å². The maximum atomic E-state index is 11.8. The fourth-order valence-electron chi connectivity index (χ4n) is 1.75. The molecular formula is C14H18BrN3OS2. The normalized spacial score (nSPS) is 10.8. The van der Waals surface area contributed by atoms with E-state index < -0.39 is 0 Å². The van der Waals surface area contributed by atoms with Crippen LogP contribution < -0.4 is 10.6 Å². The van der Waals surface area contributed by atoms with Gasteiger partial charge in [0.15, 0.2) is 0 Å². The van der Waals surface area contributed by atoms with Gasteiger partial charge in [-0.15, -0.1) is 22.7 Å². The summed E-state index contributed by atoms with van der Waals surface area (Å²) in [4.78, 5) is 17.5. The quantitative estimate of drug-likeness (QED) is 0.683. The third kappa shape index (κ3) is 5.50. The van der Waals surface area contributed by atoms with Crippen molar-refractivity contribution in [2.75, 3.05) is 19.6 Å². The van der Waals surface area contributed by atoms with Gasteiger partial charge in [-0.3, -0.25) is 4.79 Å². The molecule has 0 fully saturated rings. The molecule has 0 bridgehead atoms. The van der Waals surface area contributed by atoms with Gasteiger partial charge >= 0.3 is 0 Å². The zero-order valence-corrected chi connectivity index (χ0v) is 15.0. The van der Waals surface area contributed by atoms with Gasteiger partial charge in [-0.1, -0.05) is 6.92 Å². The molecule has 0 spiro atoms. The SMILES string of the molecule is CCCNCCNC(=O)Cc1csc(-c2cc(Br)cs2)n1. The number of nitrogens with zero attached hydrogens (tertiary/aromatic N) is 1. The number of nitrogens with one attached hydrogen (secondary N) is 2. The largest absolute Gasteiger partial charge is 0.354 e. The van der Waals surface area contributed by atoms with Gasteiger partial charge < -0.3 is 10.6 Å². The van der Waals surface area contributed by atoms with Crippen LogP contribution >= 0.6 is 38.6 Å². The highest BCUT2D eigenvalue weighted by Crippen LogP contribution is 2.31. The highest BCUT2D eigenvalue weighted by molar-refractivity contribution is 9.10. The van der Waals surface area contributed by atoms with E-state index in [1.165, 1.54) is 0 Å². The molecule has 2 aromatic rings. The highest BCUT2D eigenvalue weighted by Gasteiger charge is 2.10. The molecule has 0 saturated carbocycles. The van der Waals surface area contributed by atoms with Crippen LogP contribution in [0, 0.1) is 0 Å². The Labute approximate surface area is 141 Å². The Morgan fingerprint density at radius 1 is 1.29 bits per heavy atom. The Kier molecular flexibility index (Phi) is 6.82. The van der Waals surface area contributed by atoms with Gasteiger partial charge in [0.05, 0.1) is 17.0 Å². The topological polar surface area (TPSA) is 54.0 Å². The van der Waals surface area contributed by atoms with Crippen LogP contribution in [-0.2, 0) is 11.2 Å². The molecule has 2 rings (SSSR count). The van der Waals surface area contributed by atoms with Crippen LogP contribution in [0.1, 0.15) is 19.0 Å². The molecule has 0 radical (unpaired) electrons. The van der Waals surface area contributed by atoms with Crippen LogP contribution in [0.25, 0.3) is 9.88 Å². The van der Waals surface area contributed by atoms with Crippen molar-refractivity contribution >= 4 is 44.5 Å². The lowest BCUT2D eigenvalue weighted by molar-refractivity contribution is -0.120. The number of halogens is 1. The number of aromatic nitrogens is 1. The summed E-state index contributed by atoms with van der Waals surface area (Å²) in [6.07, 6.45) is 1.45. The average molecular weight is 388 g/mol. The third-order valence-electron chi connectivity index (χ3n) is 2.72. The maximum absolute atomic E-state index is 11.8. The first kappa shape index (κ1) is 16.6. The van der Waals surface area contributed by atoms with E-state index in [0.717, 1.165) is 39.6 Å². The van der Waals surface area contributed by atoms with E-state index in [1.54, 1.807) is 22.7 Å². The van der Waals surface area contributed by atoms with Crippen LogP contribution in [0.4, 0.5) is 0 Å². The molecule has 21 heavy (non-hydrogen) atoms. The molecule has 2 heterocycles. The van der Waals surface area contributed by atoms with E-state index in [1.807, 2.05) is 16.8 Å². The predicted octanol–water partition coefficient (Wildman–Crippen LogP) is 3.29.